The molecule has 2 aromatic heterocycles. The minimum atomic E-state index is 0.341. The lowest BCUT2D eigenvalue weighted by atomic mass is 10.1. The fraction of sp³-hybridized carbons (Fsp3) is 0.364. The number of rotatable bonds is 3. The average Bonchev–Trinajstić information content (AvgIpc) is 3.53. The number of aromatic nitrogens is 4. The van der Waals surface area contributed by atoms with E-state index in [1.165, 1.54) is 12.8 Å². The summed E-state index contributed by atoms with van der Waals surface area (Å²) in [6.07, 6.45) is 8.43. The van der Waals surface area contributed by atoms with Crippen LogP contribution in [0.15, 0.2) is 36.7 Å². The van der Waals surface area contributed by atoms with Gasteiger partial charge in [0.15, 0.2) is 0 Å². The van der Waals surface area contributed by atoms with E-state index in [0.29, 0.717) is 12.1 Å². The Balaban J connectivity index is 1.27. The predicted molar refractivity (Wildman–Crippen MR) is 109 cm³/mol. The summed E-state index contributed by atoms with van der Waals surface area (Å²) in [4.78, 5) is 15.8. The highest BCUT2D eigenvalue weighted by Crippen LogP contribution is 2.24. The van der Waals surface area contributed by atoms with Gasteiger partial charge in [0, 0.05) is 5.56 Å². The Morgan fingerprint density at radius 2 is 1.46 bits per heavy atom. The third kappa shape index (κ3) is 3.59. The van der Waals surface area contributed by atoms with Gasteiger partial charge in [-0.3, -0.25) is 0 Å². The monoisotopic (exact) mass is 372 g/mol. The number of benzene rings is 1. The fourth-order valence-corrected chi connectivity index (χ4v) is 3.95. The Morgan fingerprint density at radius 1 is 0.786 bits per heavy atom. The van der Waals surface area contributed by atoms with Crippen molar-refractivity contribution in [2.24, 2.45) is 0 Å². The van der Waals surface area contributed by atoms with Gasteiger partial charge < -0.3 is 20.6 Å². The van der Waals surface area contributed by atoms with Crippen molar-refractivity contribution in [1.29, 1.82) is 0 Å². The van der Waals surface area contributed by atoms with Gasteiger partial charge >= 0.3 is 0 Å². The van der Waals surface area contributed by atoms with Gasteiger partial charge in [0.25, 0.3) is 0 Å². The molecule has 2 aliphatic rings. The van der Waals surface area contributed by atoms with Gasteiger partial charge in [0.1, 0.15) is 17.3 Å². The molecule has 5 rings (SSSR count). The lowest BCUT2D eigenvalue weighted by Crippen LogP contribution is -2.14. The fourth-order valence-electron chi connectivity index (χ4n) is 3.95. The first-order chi connectivity index (χ1) is 13.8. The van der Waals surface area contributed by atoms with E-state index in [-0.39, 0.29) is 0 Å². The molecule has 2 saturated heterocycles. The van der Waals surface area contributed by atoms with Crippen LogP contribution in [-0.4, -0.2) is 33.0 Å². The quantitative estimate of drug-likeness (QED) is 0.533. The standard InChI is InChI=1S/C22H24N6/c1-3-18(23-11-1)21-25-13-17(27-21)10-7-15-5-8-16(9-6-15)20-14-26-22(28-20)19-4-2-12-24-19/h5-6,8-9,13-14,18-19,23-24H,1-4,11-12H2,(H,25,27)(H,26,28)/t18-,19-/m0/s1. The van der Waals surface area contributed by atoms with Crippen LogP contribution in [0.4, 0.5) is 0 Å². The predicted octanol–water partition coefficient (Wildman–Crippen LogP) is 3.05. The van der Waals surface area contributed by atoms with E-state index in [4.69, 9.17) is 0 Å². The molecule has 0 aliphatic carbocycles. The van der Waals surface area contributed by atoms with Gasteiger partial charge in [-0.05, 0) is 62.4 Å². The number of nitrogens with zero attached hydrogens (tertiary/aromatic N) is 2. The molecule has 1 aromatic carbocycles. The zero-order chi connectivity index (χ0) is 18.8. The summed E-state index contributed by atoms with van der Waals surface area (Å²) >= 11 is 0. The second kappa shape index (κ2) is 7.63. The van der Waals surface area contributed by atoms with Crippen LogP contribution >= 0.6 is 0 Å². The molecule has 0 bridgehead atoms. The van der Waals surface area contributed by atoms with Gasteiger partial charge in [-0.15, -0.1) is 0 Å². The molecule has 6 heteroatoms. The molecule has 0 amide bonds. The third-order valence-corrected chi connectivity index (χ3v) is 5.51. The number of aromatic amines is 2. The van der Waals surface area contributed by atoms with E-state index >= 15 is 0 Å². The number of H-pyrrole nitrogens is 2. The van der Waals surface area contributed by atoms with Crippen molar-refractivity contribution in [3.05, 3.63) is 59.6 Å². The van der Waals surface area contributed by atoms with Crippen LogP contribution in [0.25, 0.3) is 11.3 Å². The topological polar surface area (TPSA) is 81.4 Å². The van der Waals surface area contributed by atoms with Crippen molar-refractivity contribution in [3.63, 3.8) is 0 Å². The maximum atomic E-state index is 4.55. The smallest absolute Gasteiger partial charge is 0.124 e. The molecule has 142 valence electrons. The van der Waals surface area contributed by atoms with Crippen molar-refractivity contribution in [2.75, 3.05) is 13.1 Å². The molecule has 0 saturated carbocycles. The highest BCUT2D eigenvalue weighted by atomic mass is 15.0. The molecule has 0 spiro atoms. The molecule has 0 radical (unpaired) electrons. The molecule has 6 nitrogen and oxygen atoms in total. The summed E-state index contributed by atoms with van der Waals surface area (Å²) in [7, 11) is 0. The van der Waals surface area contributed by atoms with E-state index in [1.54, 1.807) is 0 Å². The molecule has 2 atom stereocenters. The van der Waals surface area contributed by atoms with E-state index in [2.05, 4.69) is 54.5 Å². The van der Waals surface area contributed by atoms with E-state index in [1.807, 2.05) is 24.5 Å². The molecule has 2 fully saturated rings. The SMILES string of the molecule is C(#Cc1cnc([C@@H]2CCCN2)[nH]1)c1ccc(-c2cnc([C@@H]3CCCN3)[nH]2)cc1. The van der Waals surface area contributed by atoms with Gasteiger partial charge in [-0.1, -0.05) is 18.1 Å². The zero-order valence-corrected chi connectivity index (χ0v) is 15.8. The highest BCUT2D eigenvalue weighted by Gasteiger charge is 2.19. The number of hydrogen-bond donors (Lipinski definition) is 4. The molecular formula is C22H24N6. The summed E-state index contributed by atoms with van der Waals surface area (Å²) < 4.78 is 0. The maximum Gasteiger partial charge on any atom is 0.124 e. The van der Waals surface area contributed by atoms with Crippen molar-refractivity contribution in [3.8, 4) is 23.1 Å². The van der Waals surface area contributed by atoms with Crippen molar-refractivity contribution in [2.45, 2.75) is 37.8 Å². The van der Waals surface area contributed by atoms with E-state index in [9.17, 15) is 0 Å². The minimum absolute atomic E-state index is 0.341. The van der Waals surface area contributed by atoms with Crippen molar-refractivity contribution < 1.29 is 0 Å². The first-order valence-corrected chi connectivity index (χ1v) is 10.0. The van der Waals surface area contributed by atoms with Gasteiger partial charge in [0.05, 0.1) is 30.2 Å². The summed E-state index contributed by atoms with van der Waals surface area (Å²) in [5, 5.41) is 6.92. The summed E-state index contributed by atoms with van der Waals surface area (Å²) in [6.45, 7) is 2.14. The van der Waals surface area contributed by atoms with Crippen LogP contribution in [0.2, 0.25) is 0 Å². The second-order valence-corrected chi connectivity index (χ2v) is 7.49. The molecule has 2 aliphatic heterocycles. The number of nitrogens with one attached hydrogen (secondary N) is 4. The normalized spacial score (nSPS) is 21.6. The second-order valence-electron chi connectivity index (χ2n) is 7.49. The van der Waals surface area contributed by atoms with Gasteiger partial charge in [0.2, 0.25) is 0 Å². The zero-order valence-electron chi connectivity index (χ0n) is 15.8. The highest BCUT2D eigenvalue weighted by molar-refractivity contribution is 5.60. The summed E-state index contributed by atoms with van der Waals surface area (Å²) in [6, 6.07) is 8.97. The Kier molecular flexibility index (Phi) is 4.69. The van der Waals surface area contributed by atoms with Crippen LogP contribution in [-0.2, 0) is 0 Å². The number of hydrogen-bond acceptors (Lipinski definition) is 4. The molecule has 4 heterocycles. The Morgan fingerprint density at radius 3 is 2.14 bits per heavy atom. The first kappa shape index (κ1) is 17.2. The number of imidazole rings is 2. The summed E-state index contributed by atoms with van der Waals surface area (Å²) in [5.41, 5.74) is 4.01. The van der Waals surface area contributed by atoms with Crippen LogP contribution < -0.4 is 10.6 Å². The summed E-state index contributed by atoms with van der Waals surface area (Å²) in [5.74, 6) is 8.42. The van der Waals surface area contributed by atoms with Crippen LogP contribution in [0.1, 0.15) is 60.7 Å². The van der Waals surface area contributed by atoms with Crippen molar-refractivity contribution >= 4 is 0 Å². The lowest BCUT2D eigenvalue weighted by molar-refractivity contribution is 0.612. The van der Waals surface area contributed by atoms with Crippen LogP contribution in [0, 0.1) is 11.8 Å². The molecule has 28 heavy (non-hydrogen) atoms. The van der Waals surface area contributed by atoms with Crippen LogP contribution in [0.3, 0.4) is 0 Å². The molecule has 4 N–H and O–H groups in total. The van der Waals surface area contributed by atoms with Crippen molar-refractivity contribution in [1.82, 2.24) is 30.6 Å². The molecule has 3 aromatic rings. The molecule has 0 unspecified atom stereocenters. The van der Waals surface area contributed by atoms with Gasteiger partial charge in [-0.25, -0.2) is 9.97 Å². The largest absolute Gasteiger partial charge is 0.341 e. The third-order valence-electron chi connectivity index (χ3n) is 5.51. The van der Waals surface area contributed by atoms with Crippen LogP contribution in [0.5, 0.6) is 0 Å². The maximum absolute atomic E-state index is 4.55. The Hall–Kier alpha value is -2.88. The van der Waals surface area contributed by atoms with E-state index in [0.717, 1.165) is 60.1 Å². The first-order valence-electron chi connectivity index (χ1n) is 10.0. The Labute approximate surface area is 164 Å². The lowest BCUT2D eigenvalue weighted by Gasteiger charge is -2.05. The van der Waals surface area contributed by atoms with E-state index < -0.39 is 0 Å². The minimum Gasteiger partial charge on any atom is -0.341 e. The molecular weight excluding hydrogens is 348 g/mol. The van der Waals surface area contributed by atoms with Gasteiger partial charge in [-0.2, -0.15) is 0 Å². The average molecular weight is 372 g/mol. The Bertz CT molecular complexity index is 992.